The van der Waals surface area contributed by atoms with E-state index in [9.17, 15) is 22.8 Å². The van der Waals surface area contributed by atoms with E-state index in [0.717, 1.165) is 0 Å². The lowest BCUT2D eigenvalue weighted by molar-refractivity contribution is -0.149. The van der Waals surface area contributed by atoms with Gasteiger partial charge in [-0.15, -0.1) is 0 Å². The molecule has 2 atom stereocenters. The highest BCUT2D eigenvalue weighted by Gasteiger charge is 2.57. The fourth-order valence-corrected chi connectivity index (χ4v) is 2.89. The number of nitrogens with two attached hydrogens (primary N) is 1. The molecule has 1 aromatic carbocycles. The third-order valence-electron chi connectivity index (χ3n) is 3.08. The quantitative estimate of drug-likeness (QED) is 0.447. The van der Waals surface area contributed by atoms with Crippen LogP contribution in [0.1, 0.15) is 5.56 Å². The van der Waals surface area contributed by atoms with E-state index in [2.05, 4.69) is 0 Å². The van der Waals surface area contributed by atoms with Crippen molar-refractivity contribution in [1.29, 1.82) is 0 Å². The van der Waals surface area contributed by atoms with Gasteiger partial charge in [-0.3, -0.25) is 14.1 Å². The van der Waals surface area contributed by atoms with Crippen LogP contribution in [0.15, 0.2) is 30.3 Å². The van der Waals surface area contributed by atoms with Crippen molar-refractivity contribution in [3.05, 3.63) is 35.9 Å². The molecule has 23 heavy (non-hydrogen) atoms. The van der Waals surface area contributed by atoms with Gasteiger partial charge in [0.2, 0.25) is 5.91 Å². The van der Waals surface area contributed by atoms with Gasteiger partial charge in [-0.05, 0) is 5.56 Å². The Balaban J connectivity index is 1.98. The summed E-state index contributed by atoms with van der Waals surface area (Å²) in [6, 6.07) is 5.43. The molecule has 1 saturated heterocycles. The van der Waals surface area contributed by atoms with Crippen LogP contribution in [0, 0.1) is 0 Å². The van der Waals surface area contributed by atoms with Gasteiger partial charge in [-0.2, -0.15) is 12.7 Å². The Bertz CT molecular complexity index is 734. The number of nitrogens with one attached hydrogen (secondary N) is 1. The number of ether oxygens (including phenoxy) is 1. The van der Waals surface area contributed by atoms with E-state index in [-0.39, 0.29) is 10.9 Å². The van der Waals surface area contributed by atoms with Crippen molar-refractivity contribution in [3.63, 3.8) is 0 Å². The molecule has 2 rings (SSSR count). The van der Waals surface area contributed by atoms with E-state index in [1.54, 1.807) is 30.3 Å². The molecule has 124 valence electrons. The van der Waals surface area contributed by atoms with Gasteiger partial charge >= 0.3 is 16.4 Å². The van der Waals surface area contributed by atoms with Crippen molar-refractivity contribution in [2.75, 3.05) is 0 Å². The number of primary amides is 1. The SMILES string of the molecule is NC(=O)[C@@H]1[C@@H](NC(=O)OCc2ccccc2)C(=O)N1S(=O)(=O)O. The number of rotatable bonds is 5. The Morgan fingerprint density at radius 1 is 1.30 bits per heavy atom. The molecule has 11 heteroatoms. The monoisotopic (exact) mass is 343 g/mol. The summed E-state index contributed by atoms with van der Waals surface area (Å²) in [5, 5.41) is 2.04. The second kappa shape index (κ2) is 6.22. The van der Waals surface area contributed by atoms with Crippen molar-refractivity contribution in [2.45, 2.75) is 18.7 Å². The highest BCUT2D eigenvalue weighted by Crippen LogP contribution is 2.23. The first-order valence-corrected chi connectivity index (χ1v) is 7.68. The van der Waals surface area contributed by atoms with Crippen LogP contribution in [0.25, 0.3) is 0 Å². The summed E-state index contributed by atoms with van der Waals surface area (Å²) in [4.78, 5) is 34.5. The number of carbonyl (C=O) groups is 3. The third kappa shape index (κ3) is 3.57. The van der Waals surface area contributed by atoms with Crippen LogP contribution in [-0.2, 0) is 31.2 Å². The van der Waals surface area contributed by atoms with Crippen LogP contribution >= 0.6 is 0 Å². The first-order valence-electron chi connectivity index (χ1n) is 6.29. The summed E-state index contributed by atoms with van der Waals surface area (Å²) in [7, 11) is -4.94. The average Bonchev–Trinajstić information content (AvgIpc) is 2.47. The van der Waals surface area contributed by atoms with Crippen LogP contribution in [0.5, 0.6) is 0 Å². The number of hydrogen-bond donors (Lipinski definition) is 3. The Kier molecular flexibility index (Phi) is 4.52. The molecule has 3 amide bonds. The zero-order valence-electron chi connectivity index (χ0n) is 11.6. The number of alkyl carbamates (subject to hydrolysis) is 1. The van der Waals surface area contributed by atoms with E-state index < -0.39 is 40.3 Å². The van der Waals surface area contributed by atoms with Crippen LogP contribution in [-0.4, -0.2) is 47.3 Å². The molecule has 1 aliphatic heterocycles. The molecule has 1 aliphatic rings. The van der Waals surface area contributed by atoms with Gasteiger partial charge in [-0.1, -0.05) is 30.3 Å². The summed E-state index contributed by atoms with van der Waals surface area (Å²) in [6.07, 6.45) is -1.03. The molecule has 0 saturated carbocycles. The molecule has 4 N–H and O–H groups in total. The fourth-order valence-electron chi connectivity index (χ4n) is 2.03. The van der Waals surface area contributed by atoms with Crippen LogP contribution in [0.2, 0.25) is 0 Å². The maximum Gasteiger partial charge on any atom is 0.408 e. The van der Waals surface area contributed by atoms with Gasteiger partial charge in [0.15, 0.2) is 6.04 Å². The zero-order chi connectivity index (χ0) is 17.2. The largest absolute Gasteiger partial charge is 0.445 e. The lowest BCUT2D eigenvalue weighted by Crippen LogP contribution is -2.75. The zero-order valence-corrected chi connectivity index (χ0v) is 12.4. The van der Waals surface area contributed by atoms with E-state index in [1.165, 1.54) is 0 Å². The minimum atomic E-state index is -4.94. The van der Waals surface area contributed by atoms with Crippen LogP contribution < -0.4 is 11.1 Å². The first kappa shape index (κ1) is 16.7. The second-order valence-corrected chi connectivity index (χ2v) is 5.93. The van der Waals surface area contributed by atoms with Crippen LogP contribution in [0.4, 0.5) is 4.79 Å². The number of nitrogens with zero attached hydrogens (tertiary/aromatic N) is 1. The molecule has 0 aromatic heterocycles. The molecular weight excluding hydrogens is 330 g/mol. The third-order valence-corrected chi connectivity index (χ3v) is 3.98. The van der Waals surface area contributed by atoms with Crippen LogP contribution in [0.3, 0.4) is 0 Å². The Hall–Kier alpha value is -2.66. The fraction of sp³-hybridized carbons (Fsp3) is 0.250. The number of carbonyl (C=O) groups excluding carboxylic acids is 3. The molecule has 0 unspecified atom stereocenters. The van der Waals surface area contributed by atoms with E-state index in [4.69, 9.17) is 15.0 Å². The van der Waals surface area contributed by atoms with Gasteiger partial charge < -0.3 is 15.8 Å². The molecule has 0 bridgehead atoms. The predicted octanol–water partition coefficient (Wildman–Crippen LogP) is -1.22. The molecule has 10 nitrogen and oxygen atoms in total. The molecule has 1 aromatic rings. The second-order valence-electron chi connectivity index (χ2n) is 4.64. The standard InChI is InChI=1S/C12H13N3O7S/c13-10(16)9-8(11(17)15(9)23(19,20)21)14-12(18)22-6-7-4-2-1-3-5-7/h1-5,8-9H,6H2,(H2,13,16)(H,14,18)(H,19,20,21)/t8-,9+/m1/s1. The topological polar surface area (TPSA) is 156 Å². The van der Waals surface area contributed by atoms with E-state index in [0.29, 0.717) is 5.56 Å². The maximum atomic E-state index is 11.6. The smallest absolute Gasteiger partial charge is 0.408 e. The van der Waals surface area contributed by atoms with Gasteiger partial charge in [0.1, 0.15) is 12.6 Å². The van der Waals surface area contributed by atoms with Crippen molar-refractivity contribution in [3.8, 4) is 0 Å². The normalized spacial score (nSPS) is 20.6. The van der Waals surface area contributed by atoms with Gasteiger partial charge in [-0.25, -0.2) is 4.79 Å². The Morgan fingerprint density at radius 2 is 1.91 bits per heavy atom. The van der Waals surface area contributed by atoms with Gasteiger partial charge in [0.05, 0.1) is 0 Å². The summed E-state index contributed by atoms with van der Waals surface area (Å²) in [5.41, 5.74) is 5.67. The number of amides is 3. The Labute approximate surface area is 131 Å². The average molecular weight is 343 g/mol. The molecule has 0 radical (unpaired) electrons. The highest BCUT2D eigenvalue weighted by molar-refractivity contribution is 7.84. The molecule has 1 fully saturated rings. The molecule has 1 heterocycles. The lowest BCUT2D eigenvalue weighted by atomic mass is 9.98. The number of hydrogen-bond acceptors (Lipinski definition) is 6. The van der Waals surface area contributed by atoms with Crippen molar-refractivity contribution in [1.82, 2.24) is 9.62 Å². The van der Waals surface area contributed by atoms with Crippen molar-refractivity contribution in [2.24, 2.45) is 5.73 Å². The van der Waals surface area contributed by atoms with Gasteiger partial charge in [0.25, 0.3) is 5.91 Å². The number of benzene rings is 1. The van der Waals surface area contributed by atoms with Crippen molar-refractivity contribution < 1.29 is 32.1 Å². The van der Waals surface area contributed by atoms with E-state index in [1.807, 2.05) is 5.32 Å². The van der Waals surface area contributed by atoms with Gasteiger partial charge in [0, 0.05) is 0 Å². The highest BCUT2D eigenvalue weighted by atomic mass is 32.2. The molecule has 0 spiro atoms. The molecule has 0 aliphatic carbocycles. The summed E-state index contributed by atoms with van der Waals surface area (Å²) in [5.74, 6) is -2.39. The molecular formula is C12H13N3O7S. The number of β-lactam (4-membered cyclic amide) rings is 1. The summed E-state index contributed by atoms with van der Waals surface area (Å²) >= 11 is 0. The summed E-state index contributed by atoms with van der Waals surface area (Å²) in [6.45, 7) is -0.0865. The maximum absolute atomic E-state index is 11.6. The Morgan fingerprint density at radius 3 is 2.43 bits per heavy atom. The summed E-state index contributed by atoms with van der Waals surface area (Å²) < 4.78 is 35.6. The van der Waals surface area contributed by atoms with E-state index >= 15 is 0 Å². The first-order chi connectivity index (χ1) is 10.7. The minimum absolute atomic E-state index is 0.0865. The lowest BCUT2D eigenvalue weighted by Gasteiger charge is -2.41. The van der Waals surface area contributed by atoms with Crippen molar-refractivity contribution >= 4 is 28.2 Å². The minimum Gasteiger partial charge on any atom is -0.445 e. The predicted molar refractivity (Wildman–Crippen MR) is 74.9 cm³/mol.